The molecule has 2 aliphatic rings. The van der Waals surface area contributed by atoms with Crippen molar-refractivity contribution in [2.45, 2.75) is 23.1 Å². The van der Waals surface area contributed by atoms with E-state index in [-0.39, 0.29) is 24.8 Å². The molecule has 0 bridgehead atoms. The van der Waals surface area contributed by atoms with Gasteiger partial charge in [-0.3, -0.25) is 0 Å². The number of fused-ring (bicyclic) bond motifs is 3. The fourth-order valence-corrected chi connectivity index (χ4v) is 16.5. The Bertz CT molecular complexity index is 2020. The summed E-state index contributed by atoms with van der Waals surface area (Å²) in [7, 11) is 0. The molecule has 1 nitrogen and oxygen atoms in total. The van der Waals surface area contributed by atoms with Crippen LogP contribution >= 0.6 is 0 Å². The maximum Gasteiger partial charge on any atom is -1.00 e. The molecule has 0 saturated heterocycles. The van der Waals surface area contributed by atoms with Gasteiger partial charge in [0.2, 0.25) is 0 Å². The number of nitrogens with zero attached hydrogens (tertiary/aromatic N) is 1. The predicted octanol–water partition coefficient (Wildman–Crippen LogP) is 4.70. The minimum Gasteiger partial charge on any atom is -1.00 e. The topological polar surface area (TPSA) is 3.24 Å². The van der Waals surface area contributed by atoms with Crippen LogP contribution in [-0.4, -0.2) is 3.21 Å². The molecule has 1 atom stereocenters. The quantitative estimate of drug-likeness (QED) is 0.207. The molecular weight excluding hydrogens is 717 g/mol. The molecule has 0 amide bonds. The number of hydrogen-bond acceptors (Lipinski definition) is 1. The molecule has 0 aliphatic heterocycles. The fraction of sp³-hybridized carbons (Fsp3) is 0.0889. The molecule has 0 heterocycles. The molecule has 49 heavy (non-hydrogen) atoms. The van der Waals surface area contributed by atoms with Crippen LogP contribution in [0.1, 0.15) is 43.4 Å². The van der Waals surface area contributed by atoms with E-state index in [1.807, 2.05) is 0 Å². The van der Waals surface area contributed by atoms with Crippen LogP contribution in [0, 0.1) is 0 Å². The molecule has 240 valence electrons. The molecule has 2 aliphatic carbocycles. The van der Waals surface area contributed by atoms with E-state index in [1.54, 1.807) is 6.49 Å². The van der Waals surface area contributed by atoms with Crippen LogP contribution in [-0.2, 0) is 34.4 Å². The van der Waals surface area contributed by atoms with Crippen molar-refractivity contribution in [3.8, 4) is 11.1 Å². The van der Waals surface area contributed by atoms with Gasteiger partial charge in [0, 0.05) is 0 Å². The maximum absolute atomic E-state index is 2.72. The molecule has 4 heteroatoms. The normalized spacial score (nSPS) is 13.5. The van der Waals surface area contributed by atoms with Gasteiger partial charge in [0.05, 0.1) is 0 Å². The van der Waals surface area contributed by atoms with Crippen LogP contribution in [0.25, 0.3) is 11.1 Å². The summed E-state index contributed by atoms with van der Waals surface area (Å²) in [4.78, 5) is 2.60. The van der Waals surface area contributed by atoms with Crippen molar-refractivity contribution < 1.29 is 46.1 Å². The van der Waals surface area contributed by atoms with Crippen molar-refractivity contribution in [3.63, 3.8) is 0 Å². The molecule has 0 fully saturated rings. The molecule has 1 unspecified atom stereocenters. The van der Waals surface area contributed by atoms with E-state index in [1.165, 1.54) is 50.2 Å². The zero-order chi connectivity index (χ0) is 31.4. The summed E-state index contributed by atoms with van der Waals surface area (Å²) in [6.07, 6.45) is 8.17. The van der Waals surface area contributed by atoms with Gasteiger partial charge in [0.1, 0.15) is 0 Å². The van der Waals surface area contributed by atoms with Crippen molar-refractivity contribution >= 4 is 8.89 Å². The Labute approximate surface area is 310 Å². The van der Waals surface area contributed by atoms with Gasteiger partial charge in [-0.15, -0.1) is 0 Å². The monoisotopic (exact) mass is 751 g/mol. The van der Waals surface area contributed by atoms with Gasteiger partial charge >= 0.3 is 288 Å². The van der Waals surface area contributed by atoms with E-state index in [9.17, 15) is 0 Å². The Morgan fingerprint density at radius 2 is 1.06 bits per heavy atom. The number of allylic oxidation sites excluding steroid dienone is 4. The summed E-state index contributed by atoms with van der Waals surface area (Å²) in [6, 6.07) is 60.8. The molecule has 0 N–H and O–H groups in total. The summed E-state index contributed by atoms with van der Waals surface area (Å²) in [5.74, 6) is 0. The van der Waals surface area contributed by atoms with E-state index >= 15 is 0 Å². The molecule has 0 saturated carbocycles. The Morgan fingerprint density at radius 1 is 0.551 bits per heavy atom. The Kier molecular flexibility index (Phi) is 11.4. The van der Waals surface area contributed by atoms with E-state index in [4.69, 9.17) is 0 Å². The average Bonchev–Trinajstić information content (AvgIpc) is 3.79. The first-order valence-electron chi connectivity index (χ1n) is 16.6. The summed E-state index contributed by atoms with van der Waals surface area (Å²) < 4.78 is 3.63. The molecule has 0 spiro atoms. The van der Waals surface area contributed by atoms with Gasteiger partial charge < -0.3 is 24.8 Å². The third-order valence-electron chi connectivity index (χ3n) is 9.50. The molecule has 8 rings (SSSR count). The smallest absolute Gasteiger partial charge is 1.00 e. The number of hydrogen-bond donors (Lipinski definition) is 0. The number of benzene rings is 6. The summed E-state index contributed by atoms with van der Waals surface area (Å²) in [6.45, 7) is 1.70. The van der Waals surface area contributed by atoms with Crippen molar-refractivity contribution in [1.29, 1.82) is 0 Å². The Hall–Kier alpha value is -4.07. The van der Waals surface area contributed by atoms with Gasteiger partial charge in [-0.1, -0.05) is 0 Å². The predicted molar refractivity (Wildman–Crippen MR) is 194 cm³/mol. The number of rotatable bonds is 9. The second-order valence-corrected chi connectivity index (χ2v) is 18.7. The van der Waals surface area contributed by atoms with E-state index in [0.29, 0.717) is 3.63 Å². The first-order chi connectivity index (χ1) is 23.3. The van der Waals surface area contributed by atoms with Gasteiger partial charge in [-0.25, -0.2) is 0 Å². The number of halogens is 2. The zero-order valence-electron chi connectivity index (χ0n) is 27.2. The first-order valence-corrected chi connectivity index (χ1v) is 20.5. The first kappa shape index (κ1) is 34.8. The van der Waals surface area contributed by atoms with E-state index in [0.717, 1.165) is 19.5 Å². The van der Waals surface area contributed by atoms with Gasteiger partial charge in [0.15, 0.2) is 0 Å². The SMILES string of the molecule is C1=CC[C]([Zr+2](=[C](c2ccccc2)c2ccccc2)[CH]2c3ccccc3-c3c2cccc3N(Cc2ccccc2)Cc2ccccc2)=C1.[Cl-].[Cl-]. The number of anilines is 1. The molecule has 0 aromatic heterocycles. The average molecular weight is 754 g/mol. The zero-order valence-corrected chi connectivity index (χ0v) is 31.2. The van der Waals surface area contributed by atoms with Crippen molar-refractivity contribution in [2.75, 3.05) is 4.90 Å². The van der Waals surface area contributed by atoms with Crippen LogP contribution in [0.4, 0.5) is 5.69 Å². The van der Waals surface area contributed by atoms with Crippen LogP contribution in [0.15, 0.2) is 185 Å². The fourth-order valence-electron chi connectivity index (χ4n) is 7.47. The summed E-state index contributed by atoms with van der Waals surface area (Å²) in [5.41, 5.74) is 12.5. The largest absolute Gasteiger partial charge is 1.00 e. The Balaban J connectivity index is 0.00000208. The van der Waals surface area contributed by atoms with Crippen LogP contribution in [0.2, 0.25) is 0 Å². The van der Waals surface area contributed by atoms with Crippen molar-refractivity contribution in [3.05, 3.63) is 219 Å². The minimum atomic E-state index is -2.72. The molecule has 6 aromatic rings. The molecular formula is C45H37Cl2NZr. The minimum absolute atomic E-state index is 0. The van der Waals surface area contributed by atoms with E-state index in [2.05, 4.69) is 187 Å². The van der Waals surface area contributed by atoms with Crippen molar-refractivity contribution in [1.82, 2.24) is 0 Å². The van der Waals surface area contributed by atoms with Gasteiger partial charge in [-0.2, -0.15) is 0 Å². The third kappa shape index (κ3) is 7.15. The Morgan fingerprint density at radius 3 is 1.61 bits per heavy atom. The summed E-state index contributed by atoms with van der Waals surface area (Å²) >= 11 is -2.72. The van der Waals surface area contributed by atoms with Crippen LogP contribution < -0.4 is 29.7 Å². The maximum atomic E-state index is 2.60. The molecule has 0 radical (unpaired) electrons. The van der Waals surface area contributed by atoms with Gasteiger partial charge in [-0.05, 0) is 0 Å². The molecule has 6 aromatic carbocycles. The van der Waals surface area contributed by atoms with Crippen LogP contribution in [0.5, 0.6) is 0 Å². The second kappa shape index (κ2) is 16.1. The van der Waals surface area contributed by atoms with Crippen LogP contribution in [0.3, 0.4) is 0 Å². The van der Waals surface area contributed by atoms with E-state index < -0.39 is 21.3 Å². The van der Waals surface area contributed by atoms with Gasteiger partial charge in [0.25, 0.3) is 0 Å². The second-order valence-electron chi connectivity index (χ2n) is 12.4. The van der Waals surface area contributed by atoms with Crippen molar-refractivity contribution in [2.24, 2.45) is 0 Å². The third-order valence-corrected chi connectivity index (χ3v) is 17.8. The summed E-state index contributed by atoms with van der Waals surface area (Å²) in [5, 5.41) is 0. The standard InChI is InChI=1S/C27H22N.C13H10.C5H5.2ClH.Zr/c1-3-10-21(11-4-1)19-28(20-22-12-5-2-6-13-22)26-17-9-15-24-18-23-14-7-8-16-25(23)27(24)26;1-3-7-12(8-4-1)11-13-9-5-2-6-10-13;1-2-4-5-3-1;;;/h1-18H,19-20H2;1-10H;1-3H,4H2;2*1H;/q;;;;;+2/p-2.